The van der Waals surface area contributed by atoms with Crippen molar-refractivity contribution in [2.24, 2.45) is 0 Å². The fourth-order valence-corrected chi connectivity index (χ4v) is 5.16. The number of nitrogens with zero attached hydrogens (tertiary/aromatic N) is 3. The molecule has 1 unspecified atom stereocenters. The molecule has 2 aliphatic heterocycles. The van der Waals surface area contributed by atoms with Gasteiger partial charge in [0.2, 0.25) is 17.7 Å². The largest absolute Gasteiger partial charge is 0.450 e. The van der Waals surface area contributed by atoms with E-state index in [4.69, 9.17) is 4.74 Å². The van der Waals surface area contributed by atoms with Gasteiger partial charge in [0, 0.05) is 43.9 Å². The van der Waals surface area contributed by atoms with E-state index in [9.17, 15) is 19.2 Å². The van der Waals surface area contributed by atoms with Gasteiger partial charge in [-0.05, 0) is 23.9 Å². The summed E-state index contributed by atoms with van der Waals surface area (Å²) in [5, 5.41) is 1.91. The second-order valence-corrected chi connectivity index (χ2v) is 9.27. The number of hydrogen-bond donors (Lipinski definition) is 0. The van der Waals surface area contributed by atoms with Crippen molar-refractivity contribution in [2.45, 2.75) is 31.7 Å². The topological polar surface area (TPSA) is 87.2 Å². The van der Waals surface area contributed by atoms with Gasteiger partial charge in [0.05, 0.1) is 18.6 Å². The summed E-state index contributed by atoms with van der Waals surface area (Å²) in [6, 6.07) is 12.9. The van der Waals surface area contributed by atoms with Crippen LogP contribution >= 0.6 is 11.3 Å². The Kier molecular flexibility index (Phi) is 6.78. The van der Waals surface area contributed by atoms with Crippen LogP contribution in [0.4, 0.5) is 4.79 Å². The number of piperazine rings is 1. The Balaban J connectivity index is 1.53. The summed E-state index contributed by atoms with van der Waals surface area (Å²) in [5.74, 6) is -0.788. The lowest BCUT2D eigenvalue weighted by Crippen LogP contribution is -2.52. The van der Waals surface area contributed by atoms with E-state index in [2.05, 4.69) is 0 Å². The van der Waals surface area contributed by atoms with Gasteiger partial charge < -0.3 is 14.5 Å². The van der Waals surface area contributed by atoms with Gasteiger partial charge in [0.1, 0.15) is 0 Å². The molecule has 2 aliphatic rings. The molecule has 4 rings (SSSR count). The molecule has 33 heavy (non-hydrogen) atoms. The van der Waals surface area contributed by atoms with Gasteiger partial charge in [0.25, 0.3) is 0 Å². The summed E-state index contributed by atoms with van der Waals surface area (Å²) >= 11 is 1.49. The van der Waals surface area contributed by atoms with Crippen LogP contribution in [0.15, 0.2) is 47.8 Å². The first-order valence-corrected chi connectivity index (χ1v) is 11.9. The smallest absolute Gasteiger partial charge is 0.409 e. The van der Waals surface area contributed by atoms with Crippen molar-refractivity contribution in [3.63, 3.8) is 0 Å². The molecule has 1 aromatic carbocycles. The third-order valence-electron chi connectivity index (χ3n) is 6.24. The SMILES string of the molecule is CCOC(=O)N1CCN(C(=O)CC2(c3ccccc3)CC(=O)N(Cc3cccs3)C2=O)CC1. The molecule has 4 amide bonds. The Morgan fingerprint density at radius 2 is 1.70 bits per heavy atom. The Morgan fingerprint density at radius 3 is 2.33 bits per heavy atom. The van der Waals surface area contributed by atoms with Crippen LogP contribution in [0.2, 0.25) is 0 Å². The highest BCUT2D eigenvalue weighted by atomic mass is 32.1. The van der Waals surface area contributed by atoms with Gasteiger partial charge in [-0.3, -0.25) is 19.3 Å². The minimum Gasteiger partial charge on any atom is -0.450 e. The van der Waals surface area contributed by atoms with Crippen molar-refractivity contribution in [1.29, 1.82) is 0 Å². The maximum absolute atomic E-state index is 13.7. The molecule has 0 spiro atoms. The number of carbonyl (C=O) groups is 4. The highest BCUT2D eigenvalue weighted by molar-refractivity contribution is 7.09. The zero-order chi connectivity index (χ0) is 23.4. The van der Waals surface area contributed by atoms with Gasteiger partial charge >= 0.3 is 6.09 Å². The van der Waals surface area contributed by atoms with Crippen LogP contribution in [0.1, 0.15) is 30.2 Å². The van der Waals surface area contributed by atoms with Crippen molar-refractivity contribution in [2.75, 3.05) is 32.8 Å². The van der Waals surface area contributed by atoms with Gasteiger partial charge in [-0.2, -0.15) is 0 Å². The van der Waals surface area contributed by atoms with Gasteiger partial charge in [-0.1, -0.05) is 36.4 Å². The fourth-order valence-electron chi connectivity index (χ4n) is 4.47. The maximum atomic E-state index is 13.7. The number of rotatable bonds is 6. The molecular weight excluding hydrogens is 442 g/mol. The Hall–Kier alpha value is -3.20. The summed E-state index contributed by atoms with van der Waals surface area (Å²) in [5.41, 5.74) is -0.541. The van der Waals surface area contributed by atoms with Crippen molar-refractivity contribution >= 4 is 35.2 Å². The van der Waals surface area contributed by atoms with E-state index in [1.165, 1.54) is 16.2 Å². The second kappa shape index (κ2) is 9.74. The summed E-state index contributed by atoms with van der Waals surface area (Å²) in [6.45, 7) is 3.75. The van der Waals surface area contributed by atoms with Crippen LogP contribution in [0.25, 0.3) is 0 Å². The number of ether oxygens (including phenoxy) is 1. The van der Waals surface area contributed by atoms with Crippen LogP contribution in [0, 0.1) is 0 Å². The first-order valence-electron chi connectivity index (χ1n) is 11.1. The molecule has 0 aliphatic carbocycles. The molecule has 2 aromatic rings. The van der Waals surface area contributed by atoms with E-state index < -0.39 is 5.41 Å². The van der Waals surface area contributed by atoms with Gasteiger partial charge in [-0.25, -0.2) is 4.79 Å². The zero-order valence-electron chi connectivity index (χ0n) is 18.6. The molecule has 0 bridgehead atoms. The van der Waals surface area contributed by atoms with E-state index >= 15 is 0 Å². The van der Waals surface area contributed by atoms with E-state index in [0.717, 1.165) is 4.88 Å². The lowest BCUT2D eigenvalue weighted by atomic mass is 9.75. The molecule has 2 fully saturated rings. The average molecular weight is 470 g/mol. The number of imide groups is 1. The molecule has 2 saturated heterocycles. The molecule has 1 atom stereocenters. The van der Waals surface area contributed by atoms with E-state index in [1.807, 2.05) is 47.8 Å². The predicted molar refractivity (Wildman–Crippen MR) is 122 cm³/mol. The van der Waals surface area contributed by atoms with Crippen LogP contribution in [0.3, 0.4) is 0 Å². The molecule has 8 nitrogen and oxygen atoms in total. The zero-order valence-corrected chi connectivity index (χ0v) is 19.4. The molecule has 9 heteroatoms. The minimum absolute atomic E-state index is 0.0320. The van der Waals surface area contributed by atoms with Gasteiger partial charge in [-0.15, -0.1) is 11.3 Å². The quantitative estimate of drug-likeness (QED) is 0.607. The Morgan fingerprint density at radius 1 is 1.00 bits per heavy atom. The summed E-state index contributed by atoms with van der Waals surface area (Å²) in [6.07, 6.45) is -0.497. The van der Waals surface area contributed by atoms with Crippen molar-refractivity contribution in [3.05, 3.63) is 58.3 Å². The van der Waals surface area contributed by atoms with Crippen molar-refractivity contribution < 1.29 is 23.9 Å². The summed E-state index contributed by atoms with van der Waals surface area (Å²) in [4.78, 5) is 57.3. The first-order chi connectivity index (χ1) is 15.9. The van der Waals surface area contributed by atoms with Crippen LogP contribution < -0.4 is 0 Å². The summed E-state index contributed by atoms with van der Waals surface area (Å²) < 4.78 is 5.04. The fraction of sp³-hybridized carbons (Fsp3) is 0.417. The summed E-state index contributed by atoms with van der Waals surface area (Å²) in [7, 11) is 0. The van der Waals surface area contributed by atoms with Crippen LogP contribution in [-0.2, 0) is 31.1 Å². The highest BCUT2D eigenvalue weighted by Crippen LogP contribution is 2.41. The molecule has 1 aromatic heterocycles. The molecule has 3 heterocycles. The second-order valence-electron chi connectivity index (χ2n) is 8.23. The Bertz CT molecular complexity index is 1020. The number of thiophene rings is 1. The number of hydrogen-bond acceptors (Lipinski definition) is 6. The highest BCUT2D eigenvalue weighted by Gasteiger charge is 2.54. The van der Waals surface area contributed by atoms with Gasteiger partial charge in [0.15, 0.2) is 0 Å². The molecule has 0 N–H and O–H groups in total. The number of carbonyl (C=O) groups excluding carboxylic acids is 4. The lowest BCUT2D eigenvalue weighted by Gasteiger charge is -2.36. The molecule has 174 valence electrons. The molecule has 0 radical (unpaired) electrons. The third kappa shape index (κ3) is 4.64. The first kappa shape index (κ1) is 23.0. The predicted octanol–water partition coefficient (Wildman–Crippen LogP) is 2.64. The normalized spacial score (nSPS) is 20.9. The van der Waals surface area contributed by atoms with E-state index in [1.54, 1.807) is 16.7 Å². The van der Waals surface area contributed by atoms with Crippen molar-refractivity contribution in [3.8, 4) is 0 Å². The van der Waals surface area contributed by atoms with E-state index in [0.29, 0.717) is 38.3 Å². The number of amides is 4. The lowest BCUT2D eigenvalue weighted by molar-refractivity contribution is -0.143. The van der Waals surface area contributed by atoms with Crippen LogP contribution in [-0.4, -0.2) is 71.3 Å². The molecule has 0 saturated carbocycles. The number of benzene rings is 1. The van der Waals surface area contributed by atoms with Crippen molar-refractivity contribution in [1.82, 2.24) is 14.7 Å². The maximum Gasteiger partial charge on any atom is 0.409 e. The molecular formula is C24H27N3O5S. The average Bonchev–Trinajstić information content (AvgIpc) is 3.43. The number of likely N-dealkylation sites (tertiary alicyclic amines) is 1. The third-order valence-corrected chi connectivity index (χ3v) is 7.10. The van der Waals surface area contributed by atoms with Crippen LogP contribution in [0.5, 0.6) is 0 Å². The Labute approximate surface area is 196 Å². The standard InChI is InChI=1S/C24H27N3O5S/c1-2-32-23(31)26-12-10-25(11-13-26)20(28)15-24(18-7-4-3-5-8-18)16-21(29)27(22(24)30)17-19-9-6-14-33-19/h3-9,14H,2,10-13,15-17H2,1H3. The minimum atomic E-state index is -1.22. The van der Waals surface area contributed by atoms with E-state index in [-0.39, 0.29) is 43.2 Å². The monoisotopic (exact) mass is 469 g/mol.